The van der Waals surface area contributed by atoms with Gasteiger partial charge in [0.2, 0.25) is 0 Å². The lowest BCUT2D eigenvalue weighted by Crippen LogP contribution is -2.57. The van der Waals surface area contributed by atoms with Gasteiger partial charge in [0.05, 0.1) is 0 Å². The van der Waals surface area contributed by atoms with Crippen molar-refractivity contribution >= 4 is 13.8 Å². The molecule has 0 spiro atoms. The third kappa shape index (κ3) is 4.81. The lowest BCUT2D eigenvalue weighted by molar-refractivity contribution is 0.509. The first-order valence-corrected chi connectivity index (χ1v) is 12.4. The second-order valence-electron chi connectivity index (χ2n) is 8.66. The fourth-order valence-electron chi connectivity index (χ4n) is 4.04. The van der Waals surface area contributed by atoms with E-state index >= 15 is 0 Å². The lowest BCUT2D eigenvalue weighted by Gasteiger charge is -2.37. The van der Waals surface area contributed by atoms with E-state index in [0.717, 1.165) is 0 Å². The Morgan fingerprint density at radius 2 is 1.74 bits per heavy atom. The zero-order valence-electron chi connectivity index (χ0n) is 16.0. The molecule has 1 unspecified atom stereocenters. The van der Waals surface area contributed by atoms with Gasteiger partial charge >= 0.3 is 0 Å². The zero-order valence-corrected chi connectivity index (χ0v) is 17.0. The summed E-state index contributed by atoms with van der Waals surface area (Å²) in [6.07, 6.45) is 9.21. The molecule has 1 aliphatic carbocycles. The number of allylic oxidation sites excluding steroid dienone is 2. The van der Waals surface area contributed by atoms with Crippen LogP contribution >= 0.6 is 0 Å². The van der Waals surface area contributed by atoms with Gasteiger partial charge in [0.15, 0.2) is 0 Å². The molecule has 1 aromatic carbocycles. The molecule has 1 nitrogen and oxygen atoms in total. The third-order valence-electron chi connectivity index (χ3n) is 4.78. The molecule has 0 fully saturated rings. The van der Waals surface area contributed by atoms with E-state index in [0.29, 0.717) is 5.54 Å². The predicted octanol–water partition coefficient (Wildman–Crippen LogP) is 6.27. The van der Waals surface area contributed by atoms with E-state index in [4.69, 9.17) is 0 Å². The van der Waals surface area contributed by atoms with Crippen molar-refractivity contribution in [3.63, 3.8) is 0 Å². The summed E-state index contributed by atoms with van der Waals surface area (Å²) in [5.74, 6) is 0. The van der Waals surface area contributed by atoms with Crippen molar-refractivity contribution in [3.8, 4) is 0 Å². The van der Waals surface area contributed by atoms with Crippen LogP contribution in [-0.4, -0.2) is 13.8 Å². The van der Waals surface area contributed by atoms with Crippen molar-refractivity contribution < 1.29 is 0 Å². The Labute approximate surface area is 144 Å². The van der Waals surface area contributed by atoms with Crippen LogP contribution in [0.1, 0.15) is 76.5 Å². The molecule has 0 saturated heterocycles. The first kappa shape index (κ1) is 18.5. The van der Waals surface area contributed by atoms with Crippen molar-refractivity contribution in [1.29, 1.82) is 0 Å². The van der Waals surface area contributed by atoms with E-state index in [1.54, 1.807) is 11.1 Å². The number of nitrogens with one attached hydrogen (secondary N) is 1. The SMILES string of the molecule is CCCCCCC1=CC([Si](C)(C)NC(C)(C)C)c2ccccc21. The van der Waals surface area contributed by atoms with E-state index in [1.807, 2.05) is 0 Å². The van der Waals surface area contributed by atoms with Crippen LogP contribution < -0.4 is 4.98 Å². The predicted molar refractivity (Wildman–Crippen MR) is 106 cm³/mol. The smallest absolute Gasteiger partial charge is 0.131 e. The maximum absolute atomic E-state index is 3.97. The van der Waals surface area contributed by atoms with Gasteiger partial charge in [-0.3, -0.25) is 0 Å². The maximum Gasteiger partial charge on any atom is 0.131 e. The van der Waals surface area contributed by atoms with Gasteiger partial charge in [0.1, 0.15) is 8.24 Å². The number of hydrogen-bond acceptors (Lipinski definition) is 1. The van der Waals surface area contributed by atoms with Crippen molar-refractivity contribution in [2.45, 2.75) is 84.0 Å². The molecule has 2 rings (SSSR count). The van der Waals surface area contributed by atoms with Crippen molar-refractivity contribution in [2.75, 3.05) is 0 Å². The van der Waals surface area contributed by atoms with E-state index < -0.39 is 8.24 Å². The van der Waals surface area contributed by atoms with E-state index in [2.05, 4.69) is 76.1 Å². The first-order chi connectivity index (χ1) is 10.7. The van der Waals surface area contributed by atoms with Gasteiger partial charge in [-0.15, -0.1) is 0 Å². The Bertz CT molecular complexity index is 551. The molecule has 1 aromatic rings. The fraction of sp³-hybridized carbons (Fsp3) is 0.619. The number of hydrogen-bond donors (Lipinski definition) is 1. The number of unbranched alkanes of at least 4 members (excludes halogenated alkanes) is 3. The molecule has 0 heterocycles. The van der Waals surface area contributed by atoms with Crippen molar-refractivity contribution in [3.05, 3.63) is 41.5 Å². The van der Waals surface area contributed by atoms with E-state index in [-0.39, 0.29) is 5.54 Å². The Balaban J connectivity index is 2.21. The standard InChI is InChI=1S/C21H35NSi/c1-7-8-9-10-13-17-16-20(19-15-12-11-14-18(17)19)23(5,6)22-21(2,3)4/h11-12,14-16,20,22H,7-10,13H2,1-6H3. The van der Waals surface area contributed by atoms with Crippen LogP contribution in [0.15, 0.2) is 30.3 Å². The molecule has 0 bridgehead atoms. The third-order valence-corrected chi connectivity index (χ3v) is 8.21. The summed E-state index contributed by atoms with van der Waals surface area (Å²) < 4.78 is 0. The number of rotatable bonds is 7. The lowest BCUT2D eigenvalue weighted by atomic mass is 10.0. The average Bonchev–Trinajstić information content (AvgIpc) is 2.81. The van der Waals surface area contributed by atoms with Gasteiger partial charge < -0.3 is 4.98 Å². The number of benzene rings is 1. The van der Waals surface area contributed by atoms with Crippen LogP contribution in [0.3, 0.4) is 0 Å². The summed E-state index contributed by atoms with van der Waals surface area (Å²) in [5.41, 5.74) is 5.45. The minimum Gasteiger partial charge on any atom is -0.332 e. The Hall–Kier alpha value is -0.863. The average molecular weight is 330 g/mol. The van der Waals surface area contributed by atoms with Crippen molar-refractivity contribution in [2.24, 2.45) is 0 Å². The molecule has 23 heavy (non-hydrogen) atoms. The van der Waals surface area contributed by atoms with Gasteiger partial charge in [-0.2, -0.15) is 0 Å². The summed E-state index contributed by atoms with van der Waals surface area (Å²) in [5, 5.41) is 0. The van der Waals surface area contributed by atoms with Crippen molar-refractivity contribution in [1.82, 2.24) is 4.98 Å². The summed E-state index contributed by atoms with van der Waals surface area (Å²) >= 11 is 0. The zero-order chi connectivity index (χ0) is 17.1. The maximum atomic E-state index is 3.97. The largest absolute Gasteiger partial charge is 0.332 e. The minimum absolute atomic E-state index is 0.183. The second kappa shape index (κ2) is 7.35. The van der Waals surface area contributed by atoms with Crippen LogP contribution in [-0.2, 0) is 0 Å². The van der Waals surface area contributed by atoms with Gasteiger partial charge in [0.25, 0.3) is 0 Å². The summed E-state index contributed by atoms with van der Waals surface area (Å²) in [6.45, 7) is 14.1. The molecule has 128 valence electrons. The van der Waals surface area contributed by atoms with E-state index in [9.17, 15) is 0 Å². The highest BCUT2D eigenvalue weighted by Gasteiger charge is 2.38. The van der Waals surface area contributed by atoms with Crippen LogP contribution in [0.2, 0.25) is 13.1 Å². The summed E-state index contributed by atoms with van der Waals surface area (Å²) in [7, 11) is -1.58. The van der Waals surface area contributed by atoms with Gasteiger partial charge in [-0.1, -0.05) is 69.6 Å². The molecule has 2 heteroatoms. The quantitative estimate of drug-likeness (QED) is 0.459. The monoisotopic (exact) mass is 329 g/mol. The highest BCUT2D eigenvalue weighted by Crippen LogP contribution is 2.42. The highest BCUT2D eigenvalue weighted by molar-refractivity contribution is 6.77. The topological polar surface area (TPSA) is 12.0 Å². The Kier molecular flexibility index (Phi) is 5.91. The molecule has 0 amide bonds. The normalized spacial score (nSPS) is 18.0. The molecule has 0 radical (unpaired) electrons. The number of fused-ring (bicyclic) bond motifs is 1. The van der Waals surface area contributed by atoms with Crippen LogP contribution in [0, 0.1) is 0 Å². The summed E-state index contributed by atoms with van der Waals surface area (Å²) in [4.78, 5) is 3.97. The highest BCUT2D eigenvalue weighted by atomic mass is 28.3. The first-order valence-electron chi connectivity index (χ1n) is 9.34. The van der Waals surface area contributed by atoms with Gasteiger partial charge in [-0.05, 0) is 50.3 Å². The molecular weight excluding hydrogens is 294 g/mol. The molecule has 1 N–H and O–H groups in total. The fourth-order valence-corrected chi connectivity index (χ4v) is 7.78. The molecular formula is C21H35NSi. The Morgan fingerprint density at radius 3 is 2.39 bits per heavy atom. The molecule has 0 aliphatic heterocycles. The summed E-state index contributed by atoms with van der Waals surface area (Å²) in [6, 6.07) is 9.10. The van der Waals surface area contributed by atoms with Crippen LogP contribution in [0.25, 0.3) is 5.57 Å². The molecule has 1 aliphatic rings. The second-order valence-corrected chi connectivity index (χ2v) is 13.0. The molecule has 0 saturated carbocycles. The van der Waals surface area contributed by atoms with Gasteiger partial charge in [-0.25, -0.2) is 0 Å². The Morgan fingerprint density at radius 1 is 1.04 bits per heavy atom. The minimum atomic E-state index is -1.58. The van der Waals surface area contributed by atoms with E-state index in [1.165, 1.54) is 37.7 Å². The molecule has 1 atom stereocenters. The van der Waals surface area contributed by atoms with Crippen LogP contribution in [0.4, 0.5) is 0 Å². The van der Waals surface area contributed by atoms with Crippen LogP contribution in [0.5, 0.6) is 0 Å². The molecule has 0 aromatic heterocycles. The van der Waals surface area contributed by atoms with Gasteiger partial charge in [0, 0.05) is 11.1 Å².